The highest BCUT2D eigenvalue weighted by atomic mass is 15.2. The van der Waals surface area contributed by atoms with Crippen LogP contribution in [0.2, 0.25) is 0 Å². The van der Waals surface area contributed by atoms with Gasteiger partial charge in [-0.05, 0) is 196 Å². The molecule has 2 heteroatoms. The van der Waals surface area contributed by atoms with Gasteiger partial charge in [0.2, 0.25) is 0 Å². The normalized spacial score (nSPS) is 13.2. The molecule has 1 aliphatic rings. The Morgan fingerprint density at radius 1 is 0.357 bits per heavy atom. The Kier molecular flexibility index (Phi) is 18.4. The monoisotopic (exact) mass is 929 g/mol. The lowest BCUT2D eigenvalue weighted by Gasteiger charge is -2.37. The summed E-state index contributed by atoms with van der Waals surface area (Å²) in [4.78, 5) is 4.75. The van der Waals surface area contributed by atoms with Crippen molar-refractivity contribution in [3.63, 3.8) is 0 Å². The molecule has 0 aromatic heterocycles. The van der Waals surface area contributed by atoms with Gasteiger partial charge in [-0.3, -0.25) is 0 Å². The van der Waals surface area contributed by atoms with E-state index in [0.29, 0.717) is 0 Å². The molecule has 0 amide bonds. The Bertz CT molecular complexity index is 2550. The second kappa shape index (κ2) is 24.8. The number of rotatable bonds is 21. The van der Waals surface area contributed by atoms with Gasteiger partial charge in [0.15, 0.2) is 0 Å². The molecule has 0 N–H and O–H groups in total. The zero-order valence-electron chi connectivity index (χ0n) is 44.8. The lowest BCUT2D eigenvalue weighted by molar-refractivity contribution is 0.308. The molecule has 0 heterocycles. The Morgan fingerprint density at radius 3 is 0.914 bits per heavy atom. The lowest BCUT2D eigenvalue weighted by Crippen LogP contribution is -2.30. The molecule has 7 aromatic rings. The van der Waals surface area contributed by atoms with E-state index in [1.54, 1.807) is 11.1 Å². The van der Waals surface area contributed by atoms with E-state index in [-0.39, 0.29) is 5.41 Å². The summed E-state index contributed by atoms with van der Waals surface area (Å²) in [6, 6.07) is 59.6. The van der Waals surface area contributed by atoms with E-state index in [1.807, 2.05) is 0 Å². The smallest absolute Gasteiger partial charge is 0.0463 e. The molecule has 0 fully saturated rings. The summed E-state index contributed by atoms with van der Waals surface area (Å²) < 4.78 is 0. The fraction of sp³-hybridized carbons (Fsp3) is 0.382. The molecule has 0 bridgehead atoms. The highest BCUT2D eigenvalue weighted by Gasteiger charge is 2.44. The SMILES string of the molecule is CCC(C)CC1(CC(C)CC)c2cc(C)ccc2-c2ccc(C)cc21.CCCCc1ccc(N(c2ccc(C)cc2)c2ccc(N(c3ccc(CCCC)cc3)c3ccc(CCCC)cc3)cc2)cc1. The molecule has 2 unspecified atom stereocenters. The molecule has 0 spiro atoms. The highest BCUT2D eigenvalue weighted by Crippen LogP contribution is 2.56. The standard InChI is InChI=1S/C43H50N2.C25H34/c1-5-8-11-35-16-24-39(25-17-35)44(38-22-14-34(4)15-23-38)42-30-32-43(33-31-42)45(40-26-18-36(19-27-40)12-9-6-2)41-28-20-37(21-29-41)13-10-7-3;1-7-17(3)15-25(16-18(4)8-2)23-13-19(5)9-11-21(23)22-12-10-20(6)14-24(22)25/h14-33H,5-13H2,1-4H3;9-14,17-18H,7-8,15-16H2,1-6H3. The molecule has 0 saturated carbocycles. The maximum atomic E-state index is 2.48. The molecular formula is C68H84N2. The second-order valence-electron chi connectivity index (χ2n) is 20.9. The second-order valence-corrected chi connectivity index (χ2v) is 20.9. The zero-order chi connectivity index (χ0) is 49.6. The number of anilines is 6. The first-order valence-corrected chi connectivity index (χ1v) is 27.3. The van der Waals surface area contributed by atoms with Crippen LogP contribution >= 0.6 is 0 Å². The van der Waals surface area contributed by atoms with Crippen LogP contribution < -0.4 is 9.80 Å². The fourth-order valence-corrected chi connectivity index (χ4v) is 10.6. The Balaban J connectivity index is 0.000000243. The highest BCUT2D eigenvalue weighted by molar-refractivity contribution is 5.83. The summed E-state index contributed by atoms with van der Waals surface area (Å²) in [6.07, 6.45) is 15.8. The number of aryl methyl sites for hydroxylation is 6. The van der Waals surface area contributed by atoms with Gasteiger partial charge in [0.05, 0.1) is 0 Å². The van der Waals surface area contributed by atoms with Crippen molar-refractivity contribution in [3.05, 3.63) is 202 Å². The van der Waals surface area contributed by atoms with E-state index in [0.717, 1.165) is 48.2 Å². The van der Waals surface area contributed by atoms with Gasteiger partial charge in [0.25, 0.3) is 0 Å². The molecule has 8 rings (SSSR count). The summed E-state index contributed by atoms with van der Waals surface area (Å²) in [6.45, 7) is 22.9. The first-order valence-electron chi connectivity index (χ1n) is 27.3. The number of nitrogens with zero attached hydrogens (tertiary/aromatic N) is 2. The summed E-state index contributed by atoms with van der Waals surface area (Å²) in [7, 11) is 0. The van der Waals surface area contributed by atoms with Crippen LogP contribution in [0.5, 0.6) is 0 Å². The minimum absolute atomic E-state index is 0.188. The van der Waals surface area contributed by atoms with Gasteiger partial charge in [0, 0.05) is 39.5 Å². The van der Waals surface area contributed by atoms with E-state index in [1.165, 1.54) is 126 Å². The number of hydrogen-bond donors (Lipinski definition) is 0. The van der Waals surface area contributed by atoms with Crippen LogP contribution in [0.3, 0.4) is 0 Å². The summed E-state index contributed by atoms with van der Waals surface area (Å²) in [5.41, 5.74) is 21.6. The van der Waals surface area contributed by atoms with E-state index in [9.17, 15) is 0 Å². The molecule has 0 saturated heterocycles. The maximum absolute atomic E-state index is 2.48. The van der Waals surface area contributed by atoms with Crippen LogP contribution in [-0.4, -0.2) is 0 Å². The Hall–Kier alpha value is -5.86. The first-order chi connectivity index (χ1) is 34.0. The van der Waals surface area contributed by atoms with Crippen LogP contribution in [0.15, 0.2) is 158 Å². The minimum Gasteiger partial charge on any atom is -0.311 e. The van der Waals surface area contributed by atoms with Crippen molar-refractivity contribution in [2.45, 2.75) is 158 Å². The Labute approximate surface area is 425 Å². The third-order valence-electron chi connectivity index (χ3n) is 15.2. The summed E-state index contributed by atoms with van der Waals surface area (Å²) >= 11 is 0. The van der Waals surface area contributed by atoms with Crippen molar-refractivity contribution < 1.29 is 0 Å². The predicted octanol–water partition coefficient (Wildman–Crippen LogP) is 20.4. The van der Waals surface area contributed by atoms with Crippen molar-refractivity contribution in [2.24, 2.45) is 11.8 Å². The maximum Gasteiger partial charge on any atom is 0.0463 e. The van der Waals surface area contributed by atoms with Crippen molar-refractivity contribution in [1.82, 2.24) is 0 Å². The molecule has 1 aliphatic carbocycles. The van der Waals surface area contributed by atoms with Gasteiger partial charge in [-0.2, -0.15) is 0 Å². The lowest BCUT2D eigenvalue weighted by atomic mass is 9.66. The molecule has 7 aromatic carbocycles. The molecule has 0 radical (unpaired) electrons. The third kappa shape index (κ3) is 12.5. The first kappa shape index (κ1) is 52.0. The zero-order valence-corrected chi connectivity index (χ0v) is 44.8. The van der Waals surface area contributed by atoms with Gasteiger partial charge in [-0.25, -0.2) is 0 Å². The number of fused-ring (bicyclic) bond motifs is 3. The fourth-order valence-electron chi connectivity index (χ4n) is 10.6. The Morgan fingerprint density at radius 2 is 0.629 bits per heavy atom. The predicted molar refractivity (Wildman–Crippen MR) is 307 cm³/mol. The molecule has 0 aliphatic heterocycles. The van der Waals surface area contributed by atoms with E-state index in [4.69, 9.17) is 0 Å². The minimum atomic E-state index is 0.188. The van der Waals surface area contributed by atoms with Crippen molar-refractivity contribution in [1.29, 1.82) is 0 Å². The van der Waals surface area contributed by atoms with E-state index in [2.05, 4.69) is 237 Å². The van der Waals surface area contributed by atoms with Crippen molar-refractivity contribution >= 4 is 34.1 Å². The average Bonchev–Trinajstić information content (AvgIpc) is 3.63. The quantitative estimate of drug-likeness (QED) is 0.0708. The topological polar surface area (TPSA) is 6.48 Å². The number of unbranched alkanes of at least 4 members (excludes halogenated alkanes) is 3. The summed E-state index contributed by atoms with van der Waals surface area (Å²) in [5.74, 6) is 1.48. The number of benzene rings is 7. The largest absolute Gasteiger partial charge is 0.311 e. The van der Waals surface area contributed by atoms with E-state index >= 15 is 0 Å². The van der Waals surface area contributed by atoms with Gasteiger partial charge < -0.3 is 9.80 Å². The van der Waals surface area contributed by atoms with Crippen molar-refractivity contribution in [3.8, 4) is 11.1 Å². The van der Waals surface area contributed by atoms with Crippen molar-refractivity contribution in [2.75, 3.05) is 9.80 Å². The number of hydrogen-bond acceptors (Lipinski definition) is 2. The van der Waals surface area contributed by atoms with Gasteiger partial charge >= 0.3 is 0 Å². The van der Waals surface area contributed by atoms with E-state index < -0.39 is 0 Å². The molecule has 70 heavy (non-hydrogen) atoms. The van der Waals surface area contributed by atoms with Gasteiger partial charge in [-0.15, -0.1) is 0 Å². The third-order valence-corrected chi connectivity index (χ3v) is 15.2. The summed E-state index contributed by atoms with van der Waals surface area (Å²) in [5, 5.41) is 0. The molecule has 366 valence electrons. The molecular weight excluding hydrogens is 845 g/mol. The van der Waals surface area contributed by atoms with Gasteiger partial charge in [-0.1, -0.05) is 182 Å². The average molecular weight is 929 g/mol. The molecule has 2 nitrogen and oxygen atoms in total. The van der Waals surface area contributed by atoms with Crippen LogP contribution in [0.1, 0.15) is 157 Å². The van der Waals surface area contributed by atoms with Crippen LogP contribution in [0, 0.1) is 32.6 Å². The van der Waals surface area contributed by atoms with Crippen LogP contribution in [0.25, 0.3) is 11.1 Å². The molecule has 2 atom stereocenters. The van der Waals surface area contributed by atoms with Gasteiger partial charge in [0.1, 0.15) is 0 Å². The van der Waals surface area contributed by atoms with Crippen LogP contribution in [0.4, 0.5) is 34.1 Å². The van der Waals surface area contributed by atoms with Crippen LogP contribution in [-0.2, 0) is 24.7 Å².